The highest BCUT2D eigenvalue weighted by atomic mass is 19.1. The van der Waals surface area contributed by atoms with Gasteiger partial charge in [0.2, 0.25) is 5.78 Å². The first kappa shape index (κ1) is 12.3. The molecule has 0 saturated carbocycles. The summed E-state index contributed by atoms with van der Waals surface area (Å²) >= 11 is 0. The van der Waals surface area contributed by atoms with Crippen LogP contribution in [-0.2, 0) is 0 Å². The molecule has 0 saturated heterocycles. The molecular formula is C14H8F2N2O2. The highest BCUT2D eigenvalue weighted by Crippen LogP contribution is 2.26. The molecule has 0 radical (unpaired) electrons. The van der Waals surface area contributed by atoms with Gasteiger partial charge in [-0.05, 0) is 24.3 Å². The lowest BCUT2D eigenvalue weighted by atomic mass is 10.0. The molecule has 1 aromatic carbocycles. The van der Waals surface area contributed by atoms with Crippen molar-refractivity contribution in [1.82, 2.24) is 9.97 Å². The number of rotatable bonds is 2. The molecule has 0 atom stereocenters. The Balaban J connectivity index is 2.21. The molecule has 2 aromatic heterocycles. The second kappa shape index (κ2) is 4.41. The van der Waals surface area contributed by atoms with E-state index in [0.29, 0.717) is 11.0 Å². The molecule has 0 aliphatic carbocycles. The summed E-state index contributed by atoms with van der Waals surface area (Å²) in [6, 6.07) is 4.93. The van der Waals surface area contributed by atoms with E-state index in [2.05, 4.69) is 9.97 Å². The van der Waals surface area contributed by atoms with Gasteiger partial charge in [-0.15, -0.1) is 0 Å². The number of halogens is 2. The third kappa shape index (κ3) is 1.73. The largest absolute Gasteiger partial charge is 0.505 e. The summed E-state index contributed by atoms with van der Waals surface area (Å²) in [5.74, 6) is -3.92. The van der Waals surface area contributed by atoms with Gasteiger partial charge in [0, 0.05) is 23.3 Å². The summed E-state index contributed by atoms with van der Waals surface area (Å²) in [5.41, 5.74) is -0.247. The number of carbonyl (C=O) groups is 1. The summed E-state index contributed by atoms with van der Waals surface area (Å²) in [5, 5.41) is 9.73. The number of aromatic hydroxyl groups is 1. The van der Waals surface area contributed by atoms with E-state index in [1.54, 1.807) is 12.1 Å². The highest BCUT2D eigenvalue weighted by molar-refractivity contribution is 6.16. The summed E-state index contributed by atoms with van der Waals surface area (Å²) in [7, 11) is 0. The third-order valence-corrected chi connectivity index (χ3v) is 2.99. The van der Waals surface area contributed by atoms with Crippen molar-refractivity contribution in [3.63, 3.8) is 0 Å². The number of nitrogens with zero attached hydrogens (tertiary/aromatic N) is 1. The van der Waals surface area contributed by atoms with Crippen LogP contribution in [0.25, 0.3) is 11.0 Å². The van der Waals surface area contributed by atoms with E-state index in [0.717, 1.165) is 12.1 Å². The lowest BCUT2D eigenvalue weighted by Crippen LogP contribution is -2.07. The first-order chi connectivity index (χ1) is 9.59. The van der Waals surface area contributed by atoms with Gasteiger partial charge in [-0.25, -0.2) is 13.8 Å². The van der Waals surface area contributed by atoms with E-state index in [4.69, 9.17) is 0 Å². The number of ketones is 1. The molecule has 0 spiro atoms. The zero-order valence-corrected chi connectivity index (χ0v) is 10.0. The third-order valence-electron chi connectivity index (χ3n) is 2.99. The van der Waals surface area contributed by atoms with Gasteiger partial charge in [0.15, 0.2) is 11.6 Å². The summed E-state index contributed by atoms with van der Waals surface area (Å²) in [6.45, 7) is 0. The van der Waals surface area contributed by atoms with Gasteiger partial charge >= 0.3 is 0 Å². The molecule has 3 aromatic rings. The second-order valence-electron chi connectivity index (χ2n) is 4.19. The van der Waals surface area contributed by atoms with Crippen molar-refractivity contribution in [2.75, 3.05) is 0 Å². The molecule has 4 nitrogen and oxygen atoms in total. The number of phenols is 1. The Bertz CT molecular complexity index is 827. The second-order valence-corrected chi connectivity index (χ2v) is 4.19. The predicted molar refractivity (Wildman–Crippen MR) is 67.5 cm³/mol. The average Bonchev–Trinajstić information content (AvgIpc) is 2.87. The van der Waals surface area contributed by atoms with Crippen molar-refractivity contribution in [3.05, 3.63) is 59.4 Å². The van der Waals surface area contributed by atoms with Crippen LogP contribution in [0.3, 0.4) is 0 Å². The molecule has 3 rings (SSSR count). The van der Waals surface area contributed by atoms with E-state index in [1.807, 2.05) is 0 Å². The molecule has 0 bridgehead atoms. The molecule has 6 heteroatoms. The van der Waals surface area contributed by atoms with Gasteiger partial charge in [0.05, 0.1) is 5.56 Å². The van der Waals surface area contributed by atoms with Crippen LogP contribution in [0.15, 0.2) is 36.7 Å². The highest BCUT2D eigenvalue weighted by Gasteiger charge is 2.23. The summed E-state index contributed by atoms with van der Waals surface area (Å²) < 4.78 is 27.4. The molecule has 0 unspecified atom stereocenters. The number of H-pyrrole nitrogens is 1. The van der Waals surface area contributed by atoms with Gasteiger partial charge in [-0.3, -0.25) is 4.79 Å². The molecule has 0 aliphatic rings. The minimum atomic E-state index is -1.27. The van der Waals surface area contributed by atoms with Gasteiger partial charge in [0.1, 0.15) is 11.5 Å². The number of hydrogen-bond acceptors (Lipinski definition) is 3. The van der Waals surface area contributed by atoms with Crippen molar-refractivity contribution in [2.45, 2.75) is 0 Å². The molecule has 0 amide bonds. The van der Waals surface area contributed by atoms with Crippen LogP contribution in [-0.4, -0.2) is 20.9 Å². The number of carbonyl (C=O) groups excluding carboxylic acids is 1. The Morgan fingerprint density at radius 2 is 2.05 bits per heavy atom. The fourth-order valence-corrected chi connectivity index (χ4v) is 2.03. The zero-order chi connectivity index (χ0) is 14.3. The lowest BCUT2D eigenvalue weighted by molar-refractivity contribution is 0.103. The van der Waals surface area contributed by atoms with Crippen molar-refractivity contribution in [3.8, 4) is 5.75 Å². The Kier molecular flexibility index (Phi) is 2.71. The maximum atomic E-state index is 13.8. The molecule has 100 valence electrons. The van der Waals surface area contributed by atoms with E-state index >= 15 is 0 Å². The number of aromatic nitrogens is 2. The number of benzene rings is 1. The topological polar surface area (TPSA) is 66.0 Å². The fourth-order valence-electron chi connectivity index (χ4n) is 2.03. The number of nitrogens with one attached hydrogen (secondary N) is 1. The Morgan fingerprint density at radius 1 is 1.25 bits per heavy atom. The van der Waals surface area contributed by atoms with Crippen molar-refractivity contribution in [1.29, 1.82) is 0 Å². The van der Waals surface area contributed by atoms with Gasteiger partial charge in [0.25, 0.3) is 0 Å². The Labute approximate surface area is 111 Å². The Hall–Kier alpha value is -2.76. The van der Waals surface area contributed by atoms with Gasteiger partial charge in [-0.1, -0.05) is 0 Å². The quantitative estimate of drug-likeness (QED) is 0.706. The molecular weight excluding hydrogens is 266 g/mol. The van der Waals surface area contributed by atoms with E-state index in [-0.39, 0.29) is 5.56 Å². The number of fused-ring (bicyclic) bond motifs is 1. The first-order valence-corrected chi connectivity index (χ1v) is 5.73. The van der Waals surface area contributed by atoms with Crippen LogP contribution >= 0.6 is 0 Å². The molecule has 2 heterocycles. The monoisotopic (exact) mass is 274 g/mol. The number of phenolic OH excluding ortho intramolecular Hbond substituents is 1. The predicted octanol–water partition coefficient (Wildman–Crippen LogP) is 2.78. The van der Waals surface area contributed by atoms with Crippen LogP contribution in [0.1, 0.15) is 15.9 Å². The molecule has 2 N–H and O–H groups in total. The lowest BCUT2D eigenvalue weighted by Gasteiger charge is -2.04. The van der Waals surface area contributed by atoms with Crippen LogP contribution in [0, 0.1) is 11.6 Å². The minimum Gasteiger partial charge on any atom is -0.505 e. The van der Waals surface area contributed by atoms with Crippen LogP contribution in [0.4, 0.5) is 8.78 Å². The van der Waals surface area contributed by atoms with Crippen molar-refractivity contribution < 1.29 is 18.7 Å². The summed E-state index contributed by atoms with van der Waals surface area (Å²) in [4.78, 5) is 19.0. The maximum absolute atomic E-state index is 13.8. The average molecular weight is 274 g/mol. The minimum absolute atomic E-state index is 0.0940. The standard InChI is InChI=1S/C14H8F2N2O2/c15-9-3-4-10(19)12(16)11(9)13(20)8-6-18-14-7(8)2-1-5-17-14/h1-6,19H,(H,17,18). The first-order valence-electron chi connectivity index (χ1n) is 5.73. The number of hydrogen-bond donors (Lipinski definition) is 2. The van der Waals surface area contributed by atoms with E-state index in [1.165, 1.54) is 12.4 Å². The van der Waals surface area contributed by atoms with Gasteiger partial charge in [-0.2, -0.15) is 0 Å². The zero-order valence-electron chi connectivity index (χ0n) is 10.0. The smallest absolute Gasteiger partial charge is 0.201 e. The van der Waals surface area contributed by atoms with Crippen LogP contribution < -0.4 is 0 Å². The van der Waals surface area contributed by atoms with Crippen molar-refractivity contribution >= 4 is 16.8 Å². The molecule has 20 heavy (non-hydrogen) atoms. The van der Waals surface area contributed by atoms with Gasteiger partial charge < -0.3 is 10.1 Å². The van der Waals surface area contributed by atoms with Crippen LogP contribution in [0.5, 0.6) is 5.75 Å². The van der Waals surface area contributed by atoms with E-state index < -0.39 is 28.7 Å². The summed E-state index contributed by atoms with van der Waals surface area (Å²) in [6.07, 6.45) is 2.87. The number of aromatic amines is 1. The van der Waals surface area contributed by atoms with Crippen LogP contribution in [0.2, 0.25) is 0 Å². The molecule has 0 aliphatic heterocycles. The maximum Gasteiger partial charge on any atom is 0.201 e. The van der Waals surface area contributed by atoms with Crippen molar-refractivity contribution in [2.24, 2.45) is 0 Å². The Morgan fingerprint density at radius 3 is 2.85 bits per heavy atom. The number of pyridine rings is 1. The molecule has 0 fully saturated rings. The van der Waals surface area contributed by atoms with E-state index in [9.17, 15) is 18.7 Å². The SMILES string of the molecule is O=C(c1c(F)ccc(O)c1F)c1c[nH]c2ncccc12. The fraction of sp³-hybridized carbons (Fsp3) is 0. The normalized spacial score (nSPS) is 10.9.